The van der Waals surface area contributed by atoms with Gasteiger partial charge in [0, 0.05) is 0 Å². The van der Waals surface area contributed by atoms with Gasteiger partial charge in [-0.25, -0.2) is 8.78 Å². The zero-order valence-corrected chi connectivity index (χ0v) is 6.50. The van der Waals surface area contributed by atoms with E-state index >= 15 is 0 Å². The van der Waals surface area contributed by atoms with Gasteiger partial charge in [0.15, 0.2) is 17.4 Å². The van der Waals surface area contributed by atoms with Crippen LogP contribution in [0, 0.1) is 23.3 Å². The average Bonchev–Trinajstić information content (AvgIpc) is 2.13. The normalized spacial score (nSPS) is 10.2. The third-order valence-electron chi connectivity index (χ3n) is 1.46. The van der Waals surface area contributed by atoms with Gasteiger partial charge in [0.25, 0.3) is 0 Å². The summed E-state index contributed by atoms with van der Waals surface area (Å²) in [6.07, 6.45) is 0. The molecule has 1 nitrogen and oxygen atoms in total. The summed E-state index contributed by atoms with van der Waals surface area (Å²) in [5, 5.41) is 0. The summed E-state index contributed by atoms with van der Waals surface area (Å²) in [5.74, 6) is -7.71. The number of hydrogen-bond acceptors (Lipinski definition) is 1. The first-order chi connectivity index (χ1) is 6.00. The molecule has 0 amide bonds. The second-order valence-corrected chi connectivity index (χ2v) is 2.20. The molecule has 0 fully saturated rings. The molecule has 1 aromatic carbocycles. The van der Waals surface area contributed by atoms with Gasteiger partial charge in [-0.15, -0.1) is 0 Å². The van der Waals surface area contributed by atoms with Crippen LogP contribution in [0.5, 0.6) is 5.75 Å². The lowest BCUT2D eigenvalue weighted by molar-refractivity contribution is 0.335. The van der Waals surface area contributed by atoms with E-state index in [9.17, 15) is 17.6 Å². The maximum atomic E-state index is 12.7. The van der Waals surface area contributed by atoms with Crippen LogP contribution in [0.15, 0.2) is 0 Å². The molecule has 0 aliphatic heterocycles. The lowest BCUT2D eigenvalue weighted by Crippen LogP contribution is -2.19. The average molecular weight is 190 g/mol. The summed E-state index contributed by atoms with van der Waals surface area (Å²) >= 11 is 0. The van der Waals surface area contributed by atoms with E-state index in [2.05, 4.69) is 4.74 Å². The Morgan fingerprint density at radius 2 is 1.31 bits per heavy atom. The van der Waals surface area contributed by atoms with Gasteiger partial charge >= 0.3 is 0 Å². The zero-order valence-electron chi connectivity index (χ0n) is 6.50. The minimum absolute atomic E-state index is 0.885. The largest absolute Gasteiger partial charge is 0.491 e. The van der Waals surface area contributed by atoms with E-state index in [1.807, 2.05) is 0 Å². The summed E-state index contributed by atoms with van der Waals surface area (Å²) < 4.78 is 54.8. The fraction of sp³-hybridized carbons (Fsp3) is 0.143. The van der Waals surface area contributed by atoms with E-state index in [1.54, 1.807) is 0 Å². The maximum absolute atomic E-state index is 12.7. The Bertz CT molecular complexity index is 324. The van der Waals surface area contributed by atoms with E-state index in [-0.39, 0.29) is 0 Å². The van der Waals surface area contributed by atoms with Crippen LogP contribution in [0.3, 0.4) is 0 Å². The molecule has 0 saturated heterocycles. The molecule has 1 aromatic rings. The summed E-state index contributed by atoms with van der Waals surface area (Å²) in [6, 6.07) is 0. The number of rotatable bonds is 1. The van der Waals surface area contributed by atoms with Gasteiger partial charge in [-0.2, -0.15) is 8.78 Å². The van der Waals surface area contributed by atoms with Gasteiger partial charge in [-0.3, -0.25) is 0 Å². The molecule has 13 heavy (non-hydrogen) atoms. The van der Waals surface area contributed by atoms with Crippen molar-refractivity contribution >= 4 is 13.3 Å². The molecular formula is C7H3BF4O. The maximum Gasteiger partial charge on any atom is 0.203 e. The quantitative estimate of drug-likeness (QED) is 0.365. The van der Waals surface area contributed by atoms with E-state index in [4.69, 9.17) is 7.85 Å². The summed E-state index contributed by atoms with van der Waals surface area (Å²) in [7, 11) is 5.61. The Labute approximate surface area is 72.7 Å². The molecule has 6 heteroatoms. The first kappa shape index (κ1) is 9.89. The number of halogens is 4. The fourth-order valence-electron chi connectivity index (χ4n) is 0.808. The van der Waals surface area contributed by atoms with Gasteiger partial charge in [-0.1, -0.05) is 0 Å². The molecule has 0 aliphatic rings. The van der Waals surface area contributed by atoms with Gasteiger partial charge in [0.1, 0.15) is 7.85 Å². The van der Waals surface area contributed by atoms with Crippen LogP contribution in [0.1, 0.15) is 0 Å². The van der Waals surface area contributed by atoms with Gasteiger partial charge in [0.2, 0.25) is 11.6 Å². The molecule has 0 N–H and O–H groups in total. The Hall–Kier alpha value is -1.20. The molecule has 0 saturated carbocycles. The lowest BCUT2D eigenvalue weighted by atomic mass is 9.94. The molecule has 0 unspecified atom stereocenters. The van der Waals surface area contributed by atoms with Crippen molar-refractivity contribution in [3.8, 4) is 5.75 Å². The number of benzene rings is 1. The van der Waals surface area contributed by atoms with Crippen LogP contribution < -0.4 is 10.2 Å². The molecule has 0 aliphatic carbocycles. The standard InChI is InChI=1S/C7H3BF4O/c1-13-7-5(11)3(9)2(8)4(10)6(7)12/h1H3. The molecular weight excluding hydrogens is 187 g/mol. The Kier molecular flexibility index (Phi) is 2.49. The summed E-state index contributed by atoms with van der Waals surface area (Å²) in [6.45, 7) is 0. The van der Waals surface area contributed by atoms with Crippen molar-refractivity contribution < 1.29 is 22.3 Å². The number of ether oxygens (including phenoxy) is 1. The lowest BCUT2D eigenvalue weighted by Gasteiger charge is -2.07. The number of methoxy groups -OCH3 is 1. The van der Waals surface area contributed by atoms with Gasteiger partial charge < -0.3 is 4.74 Å². The summed E-state index contributed by atoms with van der Waals surface area (Å²) in [4.78, 5) is 0. The molecule has 1 rings (SSSR count). The van der Waals surface area contributed by atoms with E-state index in [1.165, 1.54) is 0 Å². The number of hydrogen-bond donors (Lipinski definition) is 0. The molecule has 0 bridgehead atoms. The van der Waals surface area contributed by atoms with E-state index in [0.717, 1.165) is 7.11 Å². The zero-order chi connectivity index (χ0) is 10.2. The molecule has 0 spiro atoms. The Morgan fingerprint density at radius 1 is 0.923 bits per heavy atom. The van der Waals surface area contributed by atoms with Crippen molar-refractivity contribution in [3.05, 3.63) is 23.3 Å². The fourth-order valence-corrected chi connectivity index (χ4v) is 0.808. The molecule has 0 atom stereocenters. The van der Waals surface area contributed by atoms with Crippen LogP contribution >= 0.6 is 0 Å². The second-order valence-electron chi connectivity index (χ2n) is 2.20. The first-order valence-electron chi connectivity index (χ1n) is 3.16. The SMILES string of the molecule is [B]c1c(F)c(F)c(OC)c(F)c1F. The van der Waals surface area contributed by atoms with Crippen molar-refractivity contribution in [1.29, 1.82) is 0 Å². The van der Waals surface area contributed by atoms with Crippen molar-refractivity contribution in [2.45, 2.75) is 0 Å². The Morgan fingerprint density at radius 3 is 1.62 bits per heavy atom. The third-order valence-corrected chi connectivity index (χ3v) is 1.46. The highest BCUT2D eigenvalue weighted by Crippen LogP contribution is 2.24. The van der Waals surface area contributed by atoms with Crippen LogP contribution in [-0.4, -0.2) is 15.0 Å². The predicted octanol–water partition coefficient (Wildman–Crippen LogP) is 1.05. The van der Waals surface area contributed by atoms with Crippen molar-refractivity contribution in [2.75, 3.05) is 7.11 Å². The Balaban J connectivity index is 3.56. The monoisotopic (exact) mass is 190 g/mol. The van der Waals surface area contributed by atoms with Crippen LogP contribution in [0.4, 0.5) is 17.6 Å². The topological polar surface area (TPSA) is 9.23 Å². The third kappa shape index (κ3) is 1.36. The van der Waals surface area contributed by atoms with Gasteiger partial charge in [0.05, 0.1) is 7.11 Å². The minimum atomic E-state index is -1.66. The molecule has 0 aromatic heterocycles. The van der Waals surface area contributed by atoms with Crippen LogP contribution in [0.2, 0.25) is 0 Å². The molecule has 2 radical (unpaired) electrons. The summed E-state index contributed by atoms with van der Waals surface area (Å²) in [5.41, 5.74) is -1.20. The highest BCUT2D eigenvalue weighted by molar-refractivity contribution is 6.32. The smallest absolute Gasteiger partial charge is 0.203 e. The predicted molar refractivity (Wildman–Crippen MR) is 38.2 cm³/mol. The highest BCUT2D eigenvalue weighted by atomic mass is 19.2. The van der Waals surface area contributed by atoms with Crippen LogP contribution in [-0.2, 0) is 0 Å². The first-order valence-corrected chi connectivity index (χ1v) is 3.16. The van der Waals surface area contributed by atoms with E-state index in [0.29, 0.717) is 0 Å². The molecule has 68 valence electrons. The van der Waals surface area contributed by atoms with Crippen molar-refractivity contribution in [1.82, 2.24) is 0 Å². The molecule has 0 heterocycles. The van der Waals surface area contributed by atoms with Crippen molar-refractivity contribution in [2.24, 2.45) is 0 Å². The van der Waals surface area contributed by atoms with E-state index < -0.39 is 34.5 Å². The van der Waals surface area contributed by atoms with Crippen molar-refractivity contribution in [3.63, 3.8) is 0 Å². The van der Waals surface area contributed by atoms with Crippen LogP contribution in [0.25, 0.3) is 0 Å². The second kappa shape index (κ2) is 3.28. The minimum Gasteiger partial charge on any atom is -0.491 e. The highest BCUT2D eigenvalue weighted by Gasteiger charge is 2.22. The van der Waals surface area contributed by atoms with Gasteiger partial charge in [-0.05, 0) is 5.46 Å².